The average molecular weight is 1030 g/mol. The highest BCUT2D eigenvalue weighted by molar-refractivity contribution is 6.04. The van der Waals surface area contributed by atoms with E-state index in [1.165, 1.54) is 0 Å². The molecule has 0 aromatic carbocycles. The second kappa shape index (κ2) is 36.6. The van der Waals surface area contributed by atoms with Crippen LogP contribution in [0.4, 0.5) is 0 Å². The molecule has 0 radical (unpaired) electrons. The van der Waals surface area contributed by atoms with Crippen LogP contribution in [0.15, 0.2) is 41.9 Å². The van der Waals surface area contributed by atoms with Gasteiger partial charge in [-0.2, -0.15) is 0 Å². The highest BCUT2D eigenvalue weighted by Crippen LogP contribution is 2.36. The molecular weight excluding hydrogens is 945 g/mol. The van der Waals surface area contributed by atoms with Crippen LogP contribution in [0.25, 0.3) is 22.3 Å². The van der Waals surface area contributed by atoms with Crippen LogP contribution in [-0.2, 0) is 64.3 Å². The summed E-state index contributed by atoms with van der Waals surface area (Å²) in [4.78, 5) is 47.3. The standard InChI is InChI=1S/C24H38O6.C16H14O10.4C3H8O/c1-15(2)25-11-19-9-21(23(29-19)13-27-17(5)6)22-10-20(12-26-16(3)4)30-24(22)14-28-18(7)8;1-21-13(17)9-5-7(11(25-9)15(19)23-3)8-6-10(14(18)22-2)26-12(8)16(20)24-4;4*1-3(2)4/h9-10,15-18H,11-14H2,1-8H3;5-6H,1-4H3;4*3-4H,1-2H3. The molecule has 0 bridgehead atoms. The molecule has 412 valence electrons. The molecule has 0 saturated carbocycles. The molecule has 0 fully saturated rings. The third-order valence-corrected chi connectivity index (χ3v) is 7.49. The van der Waals surface area contributed by atoms with Crippen molar-refractivity contribution < 1.29 is 95.2 Å². The van der Waals surface area contributed by atoms with Gasteiger partial charge in [-0.15, -0.1) is 0 Å². The number of esters is 4. The van der Waals surface area contributed by atoms with Crippen molar-refractivity contribution in [2.45, 2.75) is 186 Å². The maximum absolute atomic E-state index is 12.0. The Kier molecular flexibility index (Phi) is 34.9. The zero-order valence-electron chi connectivity index (χ0n) is 46.1. The van der Waals surface area contributed by atoms with Crippen molar-refractivity contribution >= 4 is 23.9 Å². The fourth-order valence-electron chi connectivity index (χ4n) is 4.84. The largest absolute Gasteiger partial charge is 0.463 e. The van der Waals surface area contributed by atoms with Gasteiger partial charge in [0.25, 0.3) is 0 Å². The van der Waals surface area contributed by atoms with E-state index in [1.54, 1.807) is 55.4 Å². The van der Waals surface area contributed by atoms with E-state index in [-0.39, 0.29) is 71.5 Å². The Balaban J connectivity index is 0. The second-order valence-electron chi connectivity index (χ2n) is 17.6. The molecule has 4 heterocycles. The van der Waals surface area contributed by atoms with Gasteiger partial charge in [0.05, 0.1) is 52.9 Å². The molecule has 72 heavy (non-hydrogen) atoms. The first kappa shape index (κ1) is 68.8. The number of hydrogen-bond donors (Lipinski definition) is 4. The molecule has 4 aromatic rings. The molecule has 0 amide bonds. The Morgan fingerprint density at radius 3 is 0.833 bits per heavy atom. The van der Waals surface area contributed by atoms with Gasteiger partial charge in [0.15, 0.2) is 0 Å². The van der Waals surface area contributed by atoms with Crippen LogP contribution in [0.5, 0.6) is 0 Å². The van der Waals surface area contributed by atoms with E-state index < -0.39 is 35.4 Å². The quantitative estimate of drug-likeness (QED) is 0.0533. The maximum Gasteiger partial charge on any atom is 0.374 e. The predicted molar refractivity (Wildman–Crippen MR) is 267 cm³/mol. The van der Waals surface area contributed by atoms with Gasteiger partial charge in [0, 0.05) is 58.8 Å². The van der Waals surface area contributed by atoms with Crippen LogP contribution >= 0.6 is 0 Å². The smallest absolute Gasteiger partial charge is 0.374 e. The molecule has 20 nitrogen and oxygen atoms in total. The van der Waals surface area contributed by atoms with E-state index >= 15 is 0 Å². The first-order valence-corrected chi connectivity index (χ1v) is 23.5. The van der Waals surface area contributed by atoms with Gasteiger partial charge in [-0.3, -0.25) is 0 Å². The number of aliphatic hydroxyl groups is 4. The first-order valence-electron chi connectivity index (χ1n) is 23.5. The Labute approximate surface area is 425 Å². The van der Waals surface area contributed by atoms with Crippen LogP contribution in [-0.4, -0.2) is 122 Å². The number of hydrogen-bond acceptors (Lipinski definition) is 20. The molecule has 20 heteroatoms. The second-order valence-corrected chi connectivity index (χ2v) is 17.6. The molecule has 4 rings (SSSR count). The molecule has 0 aliphatic rings. The zero-order valence-corrected chi connectivity index (χ0v) is 46.1. The van der Waals surface area contributed by atoms with Crippen molar-refractivity contribution in [2.24, 2.45) is 0 Å². The fourth-order valence-corrected chi connectivity index (χ4v) is 4.84. The number of furan rings is 4. The maximum atomic E-state index is 12.0. The summed E-state index contributed by atoms with van der Waals surface area (Å²) in [5.41, 5.74) is 1.83. The first-order chi connectivity index (χ1) is 33.4. The summed E-state index contributed by atoms with van der Waals surface area (Å²) in [6.45, 7) is 31.4. The number of methoxy groups -OCH3 is 4. The fraction of sp³-hybridized carbons (Fsp3) is 0.615. The molecule has 0 aliphatic heterocycles. The van der Waals surface area contributed by atoms with Gasteiger partial charge in [-0.25, -0.2) is 19.2 Å². The molecule has 0 unspecified atom stereocenters. The summed E-state index contributed by atoms with van der Waals surface area (Å²) in [5.74, 6) is -1.96. The lowest BCUT2D eigenvalue weighted by Crippen LogP contribution is -2.04. The minimum Gasteiger partial charge on any atom is -0.463 e. The summed E-state index contributed by atoms with van der Waals surface area (Å²) < 4.78 is 64.0. The third kappa shape index (κ3) is 29.3. The van der Waals surface area contributed by atoms with Crippen LogP contribution in [0, 0.1) is 0 Å². The summed E-state index contributed by atoms with van der Waals surface area (Å²) in [6.07, 6.45) is -0.224. The summed E-state index contributed by atoms with van der Waals surface area (Å²) >= 11 is 0. The van der Waals surface area contributed by atoms with E-state index in [2.05, 4.69) is 18.9 Å². The SMILES string of the molecule is CC(C)O.CC(C)O.CC(C)O.CC(C)O.CC(C)OCc1cc(-c2cc(COC(C)C)oc2COC(C)C)c(COC(C)C)o1.COC(=O)c1cc(-c2cc(C(=O)OC)oc2C(=O)OC)c(C(=O)OC)o1. The summed E-state index contributed by atoms with van der Waals surface area (Å²) in [7, 11) is 4.44. The van der Waals surface area contributed by atoms with Gasteiger partial charge >= 0.3 is 23.9 Å². The number of carbonyl (C=O) groups excluding carboxylic acids is 4. The minimum absolute atomic E-state index is 0.0310. The average Bonchev–Trinajstić information content (AvgIpc) is 4.09. The molecule has 0 atom stereocenters. The Morgan fingerprint density at radius 1 is 0.375 bits per heavy atom. The van der Waals surface area contributed by atoms with Gasteiger partial charge in [-0.05, 0) is 123 Å². The van der Waals surface area contributed by atoms with Crippen LogP contribution in [0.2, 0.25) is 0 Å². The van der Waals surface area contributed by atoms with E-state index in [0.29, 0.717) is 26.4 Å². The Morgan fingerprint density at radius 2 is 0.611 bits per heavy atom. The lowest BCUT2D eigenvalue weighted by Gasteiger charge is -2.09. The van der Waals surface area contributed by atoms with Gasteiger partial charge in [-0.1, -0.05) is 0 Å². The van der Waals surface area contributed by atoms with Crippen molar-refractivity contribution in [3.8, 4) is 22.3 Å². The minimum atomic E-state index is -0.924. The molecule has 0 spiro atoms. The van der Waals surface area contributed by atoms with E-state index in [0.717, 1.165) is 74.7 Å². The van der Waals surface area contributed by atoms with E-state index in [1.807, 2.05) is 67.5 Å². The monoisotopic (exact) mass is 1030 g/mol. The Hall–Kier alpha value is -5.32. The highest BCUT2D eigenvalue weighted by Gasteiger charge is 2.31. The highest BCUT2D eigenvalue weighted by atomic mass is 16.6. The van der Waals surface area contributed by atoms with Crippen molar-refractivity contribution in [1.29, 1.82) is 0 Å². The molecule has 4 aromatic heterocycles. The molecular formula is C52H84O20. The topological polar surface area (TPSA) is 276 Å². The third-order valence-electron chi connectivity index (χ3n) is 7.49. The van der Waals surface area contributed by atoms with Gasteiger partial charge < -0.3 is 76.0 Å². The number of aliphatic hydroxyl groups excluding tert-OH is 4. The van der Waals surface area contributed by atoms with Crippen molar-refractivity contribution in [1.82, 2.24) is 0 Å². The van der Waals surface area contributed by atoms with Crippen molar-refractivity contribution in [3.05, 3.63) is 70.3 Å². The molecule has 0 saturated heterocycles. The summed E-state index contributed by atoms with van der Waals surface area (Å²) in [6, 6.07) is 6.32. The van der Waals surface area contributed by atoms with Crippen LogP contribution in [0.1, 0.15) is 176 Å². The zero-order chi connectivity index (χ0) is 56.0. The van der Waals surface area contributed by atoms with Crippen LogP contribution < -0.4 is 0 Å². The number of rotatable bonds is 18. The number of ether oxygens (including phenoxy) is 8. The lowest BCUT2D eigenvalue weighted by molar-refractivity contribution is 0.0409. The van der Waals surface area contributed by atoms with Gasteiger partial charge in [0.2, 0.25) is 23.0 Å². The Bertz CT molecular complexity index is 1940. The summed E-state index contributed by atoms with van der Waals surface area (Å²) in [5, 5.41) is 32.2. The van der Waals surface area contributed by atoms with Crippen molar-refractivity contribution in [3.63, 3.8) is 0 Å². The molecule has 4 N–H and O–H groups in total. The van der Waals surface area contributed by atoms with Crippen molar-refractivity contribution in [2.75, 3.05) is 28.4 Å². The van der Waals surface area contributed by atoms with E-state index in [9.17, 15) is 19.2 Å². The van der Waals surface area contributed by atoms with Gasteiger partial charge in [0.1, 0.15) is 49.5 Å². The predicted octanol–water partition coefficient (Wildman–Crippen LogP) is 9.47. The normalized spacial score (nSPS) is 10.8. The number of carbonyl (C=O) groups is 4. The lowest BCUT2D eigenvalue weighted by atomic mass is 10.1. The van der Waals surface area contributed by atoms with E-state index in [4.69, 9.17) is 57.0 Å². The van der Waals surface area contributed by atoms with Crippen LogP contribution in [0.3, 0.4) is 0 Å². The molecule has 0 aliphatic carbocycles.